The topological polar surface area (TPSA) is 77.2 Å². The van der Waals surface area contributed by atoms with Gasteiger partial charge in [0, 0.05) is 17.5 Å². The molecule has 0 aromatic carbocycles. The molecule has 0 saturated heterocycles. The van der Waals surface area contributed by atoms with Crippen molar-refractivity contribution >= 4 is 5.97 Å². The van der Waals surface area contributed by atoms with Crippen molar-refractivity contribution in [3.63, 3.8) is 0 Å². The molecule has 1 N–H and O–H groups in total. The van der Waals surface area contributed by atoms with E-state index in [2.05, 4.69) is 10.1 Å². The van der Waals surface area contributed by atoms with E-state index in [0.29, 0.717) is 23.9 Å². The van der Waals surface area contributed by atoms with Crippen LogP contribution in [0.1, 0.15) is 30.3 Å². The number of carboxylic acid groups (broad SMARTS) is 1. The van der Waals surface area contributed by atoms with Crippen molar-refractivity contribution in [3.05, 3.63) is 35.3 Å². The van der Waals surface area contributed by atoms with Gasteiger partial charge in [-0.2, -0.15) is 5.10 Å². The number of aryl methyl sites for hydroxylation is 1. The monoisotopic (exact) mass is 289 g/mol. The van der Waals surface area contributed by atoms with Crippen molar-refractivity contribution in [2.75, 3.05) is 6.61 Å². The summed E-state index contributed by atoms with van der Waals surface area (Å²) in [4.78, 5) is 15.3. The molecule has 2 heterocycles. The van der Waals surface area contributed by atoms with E-state index in [1.54, 1.807) is 23.9 Å². The lowest BCUT2D eigenvalue weighted by atomic mass is 10.1. The van der Waals surface area contributed by atoms with Gasteiger partial charge in [0.15, 0.2) is 11.6 Å². The van der Waals surface area contributed by atoms with E-state index in [-0.39, 0.29) is 6.42 Å². The SMILES string of the molecule is CCCOc1cccnc1-n1nc(C)c(CC(=O)O)c1C. The minimum atomic E-state index is -0.871. The number of aliphatic carboxylic acids is 1. The van der Waals surface area contributed by atoms with Gasteiger partial charge >= 0.3 is 5.97 Å². The number of hydrogen-bond acceptors (Lipinski definition) is 4. The Morgan fingerprint density at radius 1 is 1.43 bits per heavy atom. The van der Waals surface area contributed by atoms with Crippen LogP contribution in [0.2, 0.25) is 0 Å². The van der Waals surface area contributed by atoms with Gasteiger partial charge in [0.1, 0.15) is 0 Å². The van der Waals surface area contributed by atoms with Crippen LogP contribution in [0.4, 0.5) is 0 Å². The second-order valence-electron chi connectivity index (χ2n) is 4.81. The summed E-state index contributed by atoms with van der Waals surface area (Å²) in [6, 6.07) is 3.64. The Morgan fingerprint density at radius 3 is 2.86 bits per heavy atom. The van der Waals surface area contributed by atoms with Crippen molar-refractivity contribution in [2.45, 2.75) is 33.6 Å². The summed E-state index contributed by atoms with van der Waals surface area (Å²) in [5, 5.41) is 13.4. The summed E-state index contributed by atoms with van der Waals surface area (Å²) in [5.74, 6) is 0.360. The van der Waals surface area contributed by atoms with Crippen LogP contribution in [-0.4, -0.2) is 32.4 Å². The lowest BCUT2D eigenvalue weighted by Crippen LogP contribution is -2.07. The molecule has 0 radical (unpaired) electrons. The number of aromatic nitrogens is 3. The first-order valence-corrected chi connectivity index (χ1v) is 6.89. The third-order valence-electron chi connectivity index (χ3n) is 3.18. The van der Waals surface area contributed by atoms with Crippen LogP contribution in [0.15, 0.2) is 18.3 Å². The molecular formula is C15H19N3O3. The molecule has 0 aliphatic heterocycles. The van der Waals surface area contributed by atoms with Crippen molar-refractivity contribution in [2.24, 2.45) is 0 Å². The summed E-state index contributed by atoms with van der Waals surface area (Å²) in [6.07, 6.45) is 2.52. The van der Waals surface area contributed by atoms with Gasteiger partial charge in [0.2, 0.25) is 0 Å². The summed E-state index contributed by atoms with van der Waals surface area (Å²) < 4.78 is 7.34. The van der Waals surface area contributed by atoms with Crippen LogP contribution in [0.25, 0.3) is 5.82 Å². The van der Waals surface area contributed by atoms with Crippen molar-refractivity contribution in [1.82, 2.24) is 14.8 Å². The molecule has 0 spiro atoms. The minimum absolute atomic E-state index is 0.0460. The quantitative estimate of drug-likeness (QED) is 0.883. The number of carboxylic acids is 1. The highest BCUT2D eigenvalue weighted by Crippen LogP contribution is 2.24. The maximum atomic E-state index is 10.9. The normalized spacial score (nSPS) is 10.6. The van der Waals surface area contributed by atoms with Gasteiger partial charge < -0.3 is 9.84 Å². The van der Waals surface area contributed by atoms with Crippen LogP contribution in [0.5, 0.6) is 5.75 Å². The Hall–Kier alpha value is -2.37. The maximum absolute atomic E-state index is 10.9. The van der Waals surface area contributed by atoms with Crippen LogP contribution in [0, 0.1) is 13.8 Å². The van der Waals surface area contributed by atoms with Crippen LogP contribution in [-0.2, 0) is 11.2 Å². The first-order chi connectivity index (χ1) is 10.0. The van der Waals surface area contributed by atoms with Crippen LogP contribution < -0.4 is 4.74 Å². The Bertz CT molecular complexity index is 650. The zero-order valence-corrected chi connectivity index (χ0v) is 12.5. The van der Waals surface area contributed by atoms with Gasteiger partial charge in [-0.25, -0.2) is 9.67 Å². The molecule has 112 valence electrons. The molecule has 0 atom stereocenters. The van der Waals surface area contributed by atoms with E-state index < -0.39 is 5.97 Å². The number of rotatable bonds is 6. The first-order valence-electron chi connectivity index (χ1n) is 6.89. The molecule has 2 aromatic rings. The highest BCUT2D eigenvalue weighted by Gasteiger charge is 2.18. The fourth-order valence-corrected chi connectivity index (χ4v) is 2.15. The molecule has 2 rings (SSSR count). The summed E-state index contributed by atoms with van der Waals surface area (Å²) in [7, 11) is 0. The maximum Gasteiger partial charge on any atom is 0.307 e. The molecule has 0 saturated carbocycles. The number of hydrogen-bond donors (Lipinski definition) is 1. The average Bonchev–Trinajstić information content (AvgIpc) is 2.73. The number of pyridine rings is 1. The number of carbonyl (C=O) groups is 1. The predicted molar refractivity (Wildman–Crippen MR) is 78.0 cm³/mol. The molecule has 0 aliphatic carbocycles. The highest BCUT2D eigenvalue weighted by atomic mass is 16.5. The summed E-state index contributed by atoms with van der Waals surface area (Å²) in [6.45, 7) is 6.28. The molecule has 0 unspecified atom stereocenters. The highest BCUT2D eigenvalue weighted by molar-refractivity contribution is 5.71. The lowest BCUT2D eigenvalue weighted by Gasteiger charge is -2.11. The van der Waals surface area contributed by atoms with E-state index in [4.69, 9.17) is 9.84 Å². The molecule has 0 aliphatic rings. The molecule has 0 bridgehead atoms. The largest absolute Gasteiger partial charge is 0.490 e. The van der Waals surface area contributed by atoms with E-state index in [9.17, 15) is 4.79 Å². The minimum Gasteiger partial charge on any atom is -0.490 e. The van der Waals surface area contributed by atoms with E-state index >= 15 is 0 Å². The standard InChI is InChI=1S/C15H19N3O3/c1-4-8-21-13-6-5-7-16-15(13)18-11(3)12(9-14(19)20)10(2)17-18/h5-7H,4,8-9H2,1-3H3,(H,19,20). The van der Waals surface area contributed by atoms with Gasteiger partial charge in [0.25, 0.3) is 0 Å². The third-order valence-corrected chi connectivity index (χ3v) is 3.18. The Kier molecular flexibility index (Phi) is 4.57. The summed E-state index contributed by atoms with van der Waals surface area (Å²) >= 11 is 0. The van der Waals surface area contributed by atoms with Gasteiger partial charge in [-0.15, -0.1) is 0 Å². The van der Waals surface area contributed by atoms with E-state index in [1.807, 2.05) is 19.9 Å². The van der Waals surface area contributed by atoms with Gasteiger partial charge in [0.05, 0.1) is 18.7 Å². The summed E-state index contributed by atoms with van der Waals surface area (Å²) in [5.41, 5.74) is 2.19. The number of nitrogens with zero attached hydrogens (tertiary/aromatic N) is 3. The van der Waals surface area contributed by atoms with Gasteiger partial charge in [-0.1, -0.05) is 6.92 Å². The predicted octanol–water partition coefficient (Wildman–Crippen LogP) is 2.30. The molecule has 21 heavy (non-hydrogen) atoms. The van der Waals surface area contributed by atoms with Gasteiger partial charge in [-0.05, 0) is 32.4 Å². The lowest BCUT2D eigenvalue weighted by molar-refractivity contribution is -0.136. The molecule has 6 heteroatoms. The third kappa shape index (κ3) is 3.21. The number of ether oxygens (including phenoxy) is 1. The Labute approximate surface area is 123 Å². The zero-order chi connectivity index (χ0) is 15.4. The zero-order valence-electron chi connectivity index (χ0n) is 12.5. The second kappa shape index (κ2) is 6.39. The molecular weight excluding hydrogens is 270 g/mol. The molecule has 0 amide bonds. The molecule has 0 fully saturated rings. The Morgan fingerprint density at radius 2 is 2.19 bits per heavy atom. The first kappa shape index (κ1) is 15.0. The van der Waals surface area contributed by atoms with E-state index in [0.717, 1.165) is 17.7 Å². The fraction of sp³-hybridized carbons (Fsp3) is 0.400. The molecule has 2 aromatic heterocycles. The van der Waals surface area contributed by atoms with E-state index in [1.165, 1.54) is 0 Å². The van der Waals surface area contributed by atoms with Crippen LogP contribution in [0.3, 0.4) is 0 Å². The van der Waals surface area contributed by atoms with Crippen molar-refractivity contribution < 1.29 is 14.6 Å². The van der Waals surface area contributed by atoms with Crippen molar-refractivity contribution in [1.29, 1.82) is 0 Å². The fourth-order valence-electron chi connectivity index (χ4n) is 2.15. The second-order valence-corrected chi connectivity index (χ2v) is 4.81. The van der Waals surface area contributed by atoms with Gasteiger partial charge in [-0.3, -0.25) is 4.79 Å². The Balaban J connectivity index is 2.45. The molecule has 6 nitrogen and oxygen atoms in total. The van der Waals surface area contributed by atoms with Crippen LogP contribution >= 0.6 is 0 Å². The average molecular weight is 289 g/mol. The van der Waals surface area contributed by atoms with Crippen molar-refractivity contribution in [3.8, 4) is 11.6 Å². The smallest absolute Gasteiger partial charge is 0.307 e.